The van der Waals surface area contributed by atoms with Crippen LogP contribution in [0.3, 0.4) is 0 Å². The highest BCUT2D eigenvalue weighted by Gasteiger charge is 2.35. The van der Waals surface area contributed by atoms with E-state index in [1.54, 1.807) is 36.5 Å². The topological polar surface area (TPSA) is 81.1 Å². The molecule has 3 rings (SSSR count). The number of nitrogens with zero attached hydrogens (tertiary/aromatic N) is 2. The minimum absolute atomic E-state index is 0.0507. The summed E-state index contributed by atoms with van der Waals surface area (Å²) in [6.07, 6.45) is 5.61. The van der Waals surface area contributed by atoms with Crippen molar-refractivity contribution in [3.63, 3.8) is 0 Å². The zero-order chi connectivity index (χ0) is 17.2. The predicted molar refractivity (Wildman–Crippen MR) is 89.9 cm³/mol. The molecule has 1 heterocycles. The summed E-state index contributed by atoms with van der Waals surface area (Å²) in [4.78, 5) is 16.8. The lowest BCUT2D eigenvalue weighted by molar-refractivity contribution is -0.121. The van der Waals surface area contributed by atoms with Crippen LogP contribution in [0.2, 0.25) is 0 Å². The second-order valence-corrected chi connectivity index (χ2v) is 8.27. The standard InChI is InChI=1S/C17H21N3O3S/c1-20-11-10-18-17(20)16(13-7-8-13)19-15(21)9-12-24(22,23)14-5-3-2-4-6-14/h2-6,10-11,13,16H,7-9,12H2,1H3,(H,19,21). The van der Waals surface area contributed by atoms with E-state index in [-0.39, 0.29) is 29.0 Å². The number of hydrogen-bond acceptors (Lipinski definition) is 4. The molecule has 0 aliphatic heterocycles. The van der Waals surface area contributed by atoms with Crippen LogP contribution in [0.4, 0.5) is 0 Å². The number of carbonyl (C=O) groups excluding carboxylic acids is 1. The van der Waals surface area contributed by atoms with Gasteiger partial charge in [0.2, 0.25) is 5.91 Å². The third kappa shape index (κ3) is 3.84. The van der Waals surface area contributed by atoms with Crippen LogP contribution in [0.25, 0.3) is 0 Å². The minimum Gasteiger partial charge on any atom is -0.346 e. The van der Waals surface area contributed by atoms with Gasteiger partial charge in [0.15, 0.2) is 9.84 Å². The summed E-state index contributed by atoms with van der Waals surface area (Å²) in [6.45, 7) is 0. The van der Waals surface area contributed by atoms with Crippen LogP contribution in [0, 0.1) is 5.92 Å². The number of aryl methyl sites for hydroxylation is 1. The fourth-order valence-electron chi connectivity index (χ4n) is 2.72. The smallest absolute Gasteiger partial charge is 0.221 e. The van der Waals surface area contributed by atoms with E-state index in [2.05, 4.69) is 10.3 Å². The Bertz CT molecular complexity index is 811. The molecule has 24 heavy (non-hydrogen) atoms. The van der Waals surface area contributed by atoms with Gasteiger partial charge < -0.3 is 9.88 Å². The maximum atomic E-state index is 12.3. The molecular weight excluding hydrogens is 326 g/mol. The molecule has 1 saturated carbocycles. The lowest BCUT2D eigenvalue weighted by Crippen LogP contribution is -2.32. The van der Waals surface area contributed by atoms with E-state index in [0.717, 1.165) is 18.7 Å². The van der Waals surface area contributed by atoms with Gasteiger partial charge in [0.05, 0.1) is 16.7 Å². The second kappa shape index (κ2) is 6.76. The summed E-state index contributed by atoms with van der Waals surface area (Å²) >= 11 is 0. The van der Waals surface area contributed by atoms with E-state index in [1.807, 2.05) is 17.8 Å². The van der Waals surface area contributed by atoms with Crippen molar-refractivity contribution in [2.45, 2.75) is 30.2 Å². The molecule has 0 saturated heterocycles. The Kier molecular flexibility index (Phi) is 4.71. The summed E-state index contributed by atoms with van der Waals surface area (Å²) in [6, 6.07) is 8.08. The molecule has 0 radical (unpaired) electrons. The molecule has 2 aromatic rings. The first-order valence-corrected chi connectivity index (χ1v) is 9.67. The SMILES string of the molecule is Cn1ccnc1C(NC(=O)CCS(=O)(=O)c1ccccc1)C1CC1. The van der Waals surface area contributed by atoms with Crippen LogP contribution >= 0.6 is 0 Å². The molecule has 1 aliphatic rings. The molecule has 1 atom stereocenters. The molecule has 1 unspecified atom stereocenters. The molecule has 128 valence electrons. The first kappa shape index (κ1) is 16.7. The van der Waals surface area contributed by atoms with Crippen LogP contribution in [0.15, 0.2) is 47.6 Å². The number of nitrogens with one attached hydrogen (secondary N) is 1. The van der Waals surface area contributed by atoms with Gasteiger partial charge in [-0.05, 0) is 30.9 Å². The average molecular weight is 347 g/mol. The summed E-state index contributed by atoms with van der Waals surface area (Å²) in [5.41, 5.74) is 0. The van der Waals surface area contributed by atoms with Crippen molar-refractivity contribution in [2.75, 3.05) is 5.75 Å². The van der Waals surface area contributed by atoms with Gasteiger partial charge in [-0.15, -0.1) is 0 Å². The molecule has 0 spiro atoms. The summed E-state index contributed by atoms with van der Waals surface area (Å²) in [7, 11) is -1.55. The Morgan fingerprint density at radius 1 is 1.33 bits per heavy atom. The van der Waals surface area contributed by atoms with Crippen molar-refractivity contribution < 1.29 is 13.2 Å². The Morgan fingerprint density at radius 3 is 2.62 bits per heavy atom. The van der Waals surface area contributed by atoms with Crippen molar-refractivity contribution in [1.82, 2.24) is 14.9 Å². The largest absolute Gasteiger partial charge is 0.346 e. The highest BCUT2D eigenvalue weighted by Crippen LogP contribution is 2.40. The predicted octanol–water partition coefficient (Wildman–Crippen LogP) is 1.85. The Balaban J connectivity index is 1.62. The molecule has 1 N–H and O–H groups in total. The third-order valence-electron chi connectivity index (χ3n) is 4.25. The van der Waals surface area contributed by atoms with Crippen LogP contribution in [-0.4, -0.2) is 29.6 Å². The van der Waals surface area contributed by atoms with Gasteiger partial charge in [-0.25, -0.2) is 13.4 Å². The van der Waals surface area contributed by atoms with E-state index in [0.29, 0.717) is 5.92 Å². The van der Waals surface area contributed by atoms with Crippen molar-refractivity contribution >= 4 is 15.7 Å². The normalized spacial score (nSPS) is 15.9. The Hall–Kier alpha value is -2.15. The number of sulfone groups is 1. The molecule has 0 bridgehead atoms. The van der Waals surface area contributed by atoms with Gasteiger partial charge in [-0.1, -0.05) is 18.2 Å². The van der Waals surface area contributed by atoms with E-state index in [4.69, 9.17) is 0 Å². The van der Waals surface area contributed by atoms with Gasteiger partial charge >= 0.3 is 0 Å². The van der Waals surface area contributed by atoms with E-state index < -0.39 is 9.84 Å². The molecular formula is C17H21N3O3S. The van der Waals surface area contributed by atoms with Gasteiger partial charge in [0, 0.05) is 25.9 Å². The summed E-state index contributed by atoms with van der Waals surface area (Å²) in [5.74, 6) is 0.757. The zero-order valence-corrected chi connectivity index (χ0v) is 14.4. The molecule has 1 amide bonds. The first-order chi connectivity index (χ1) is 11.5. The number of imidazole rings is 1. The number of benzene rings is 1. The number of hydrogen-bond donors (Lipinski definition) is 1. The second-order valence-electron chi connectivity index (χ2n) is 6.16. The maximum absolute atomic E-state index is 12.3. The number of aromatic nitrogens is 2. The van der Waals surface area contributed by atoms with Crippen molar-refractivity contribution in [3.8, 4) is 0 Å². The maximum Gasteiger partial charge on any atom is 0.221 e. The quantitative estimate of drug-likeness (QED) is 0.829. The van der Waals surface area contributed by atoms with E-state index >= 15 is 0 Å². The molecule has 1 aromatic heterocycles. The summed E-state index contributed by atoms with van der Waals surface area (Å²) in [5, 5.41) is 2.96. The van der Waals surface area contributed by atoms with Crippen molar-refractivity contribution in [1.29, 1.82) is 0 Å². The molecule has 1 fully saturated rings. The first-order valence-electron chi connectivity index (χ1n) is 8.02. The molecule has 1 aliphatic carbocycles. The number of rotatable bonds is 7. The third-order valence-corrected chi connectivity index (χ3v) is 5.98. The van der Waals surface area contributed by atoms with E-state index in [1.165, 1.54) is 0 Å². The lowest BCUT2D eigenvalue weighted by Gasteiger charge is -2.18. The molecule has 1 aromatic carbocycles. The fraction of sp³-hybridized carbons (Fsp3) is 0.412. The van der Waals surface area contributed by atoms with Crippen LogP contribution < -0.4 is 5.32 Å². The Labute approximate surface area is 141 Å². The average Bonchev–Trinajstić information content (AvgIpc) is 3.33. The van der Waals surface area contributed by atoms with E-state index in [9.17, 15) is 13.2 Å². The van der Waals surface area contributed by atoms with Crippen molar-refractivity contribution in [3.05, 3.63) is 48.5 Å². The van der Waals surface area contributed by atoms with Gasteiger partial charge in [-0.2, -0.15) is 0 Å². The van der Waals surface area contributed by atoms with Gasteiger partial charge in [0.25, 0.3) is 0 Å². The highest BCUT2D eigenvalue weighted by molar-refractivity contribution is 7.91. The monoisotopic (exact) mass is 347 g/mol. The lowest BCUT2D eigenvalue weighted by atomic mass is 10.1. The Morgan fingerprint density at radius 2 is 2.04 bits per heavy atom. The zero-order valence-electron chi connectivity index (χ0n) is 13.6. The number of amides is 1. The highest BCUT2D eigenvalue weighted by atomic mass is 32.2. The van der Waals surface area contributed by atoms with Crippen molar-refractivity contribution in [2.24, 2.45) is 13.0 Å². The number of carbonyl (C=O) groups is 1. The van der Waals surface area contributed by atoms with Crippen LogP contribution in [0.5, 0.6) is 0 Å². The van der Waals surface area contributed by atoms with Crippen LogP contribution in [-0.2, 0) is 21.7 Å². The molecule has 6 nitrogen and oxygen atoms in total. The van der Waals surface area contributed by atoms with Gasteiger partial charge in [0.1, 0.15) is 5.82 Å². The summed E-state index contributed by atoms with van der Waals surface area (Å²) < 4.78 is 26.4. The van der Waals surface area contributed by atoms with Crippen LogP contribution in [0.1, 0.15) is 31.1 Å². The van der Waals surface area contributed by atoms with Gasteiger partial charge in [-0.3, -0.25) is 4.79 Å². The minimum atomic E-state index is -3.44. The fourth-order valence-corrected chi connectivity index (χ4v) is 3.98. The molecule has 7 heteroatoms.